The smallest absolute Gasteiger partial charge is 0.243 e. The molecule has 2 fully saturated rings. The SMILES string of the molecule is Cl.O=S(=O)(c1ccccc1-c1ccno1)N1CCC2(CCNCC2)C1. The van der Waals surface area contributed by atoms with Gasteiger partial charge in [-0.3, -0.25) is 0 Å². The highest BCUT2D eigenvalue weighted by molar-refractivity contribution is 7.89. The highest BCUT2D eigenvalue weighted by Gasteiger charge is 2.43. The molecule has 4 rings (SSSR count). The second-order valence-electron chi connectivity index (χ2n) is 6.71. The summed E-state index contributed by atoms with van der Waals surface area (Å²) in [5.41, 5.74) is 0.709. The van der Waals surface area contributed by atoms with E-state index in [1.807, 2.05) is 6.07 Å². The van der Waals surface area contributed by atoms with Crippen LogP contribution in [0.15, 0.2) is 45.9 Å². The molecule has 1 N–H and O–H groups in total. The summed E-state index contributed by atoms with van der Waals surface area (Å²) >= 11 is 0. The molecule has 0 bridgehead atoms. The Morgan fingerprint density at radius 1 is 1.12 bits per heavy atom. The summed E-state index contributed by atoms with van der Waals surface area (Å²) < 4.78 is 33.3. The van der Waals surface area contributed by atoms with Gasteiger partial charge < -0.3 is 9.84 Å². The summed E-state index contributed by atoms with van der Waals surface area (Å²) in [5.74, 6) is 0.477. The van der Waals surface area contributed by atoms with E-state index in [1.165, 1.54) is 6.20 Å². The van der Waals surface area contributed by atoms with Crippen LogP contribution in [0, 0.1) is 5.41 Å². The molecule has 0 atom stereocenters. The van der Waals surface area contributed by atoms with Crippen molar-refractivity contribution in [2.24, 2.45) is 5.41 Å². The second-order valence-corrected chi connectivity index (χ2v) is 8.62. The maximum Gasteiger partial charge on any atom is 0.243 e. The van der Waals surface area contributed by atoms with Crippen LogP contribution in [0.1, 0.15) is 19.3 Å². The third kappa shape index (κ3) is 3.33. The fraction of sp³-hybridized carbons (Fsp3) is 0.471. The number of hydrogen-bond acceptors (Lipinski definition) is 5. The Balaban J connectivity index is 0.00000182. The minimum absolute atomic E-state index is 0. The van der Waals surface area contributed by atoms with Gasteiger partial charge in [0.1, 0.15) is 0 Å². The third-order valence-electron chi connectivity index (χ3n) is 5.28. The van der Waals surface area contributed by atoms with Crippen LogP contribution in [0.25, 0.3) is 11.3 Å². The number of benzene rings is 1. The molecule has 136 valence electrons. The van der Waals surface area contributed by atoms with Crippen LogP contribution in [-0.2, 0) is 10.0 Å². The van der Waals surface area contributed by atoms with Crippen molar-refractivity contribution in [2.75, 3.05) is 26.2 Å². The van der Waals surface area contributed by atoms with Gasteiger partial charge in [0.05, 0.1) is 11.1 Å². The third-order valence-corrected chi connectivity index (χ3v) is 7.18. The van der Waals surface area contributed by atoms with Crippen LogP contribution in [0.3, 0.4) is 0 Å². The molecule has 8 heteroatoms. The fourth-order valence-corrected chi connectivity index (χ4v) is 5.60. The number of nitrogens with one attached hydrogen (secondary N) is 1. The van der Waals surface area contributed by atoms with E-state index in [1.54, 1.807) is 28.6 Å². The standard InChI is InChI=1S/C17H21N3O3S.ClH/c21-24(22,20-12-8-17(13-20)6-10-18-11-7-17)16-4-2-1-3-14(16)15-5-9-19-23-15;/h1-5,9,18H,6-8,10-13H2;1H. The van der Waals surface area contributed by atoms with Gasteiger partial charge >= 0.3 is 0 Å². The summed E-state index contributed by atoms with van der Waals surface area (Å²) in [7, 11) is -3.55. The first-order valence-corrected chi connectivity index (χ1v) is 9.76. The summed E-state index contributed by atoms with van der Waals surface area (Å²) in [4.78, 5) is 0.299. The molecule has 0 radical (unpaired) electrons. The lowest BCUT2D eigenvalue weighted by atomic mass is 9.78. The number of piperidine rings is 1. The van der Waals surface area contributed by atoms with Gasteiger partial charge in [0.15, 0.2) is 5.76 Å². The molecule has 25 heavy (non-hydrogen) atoms. The first-order valence-electron chi connectivity index (χ1n) is 8.32. The molecule has 2 aliphatic heterocycles. The van der Waals surface area contributed by atoms with Gasteiger partial charge in [-0.25, -0.2) is 8.42 Å². The zero-order chi connectivity index (χ0) is 16.6. The van der Waals surface area contributed by atoms with Crippen LogP contribution in [0.2, 0.25) is 0 Å². The highest BCUT2D eigenvalue weighted by Crippen LogP contribution is 2.41. The molecular formula is C17H22ClN3O3S. The Morgan fingerprint density at radius 2 is 1.88 bits per heavy atom. The molecule has 1 spiro atoms. The predicted molar refractivity (Wildman–Crippen MR) is 97.1 cm³/mol. The Hall–Kier alpha value is -1.41. The lowest BCUT2D eigenvalue weighted by Crippen LogP contribution is -2.39. The molecule has 0 saturated carbocycles. The fourth-order valence-electron chi connectivity index (χ4n) is 3.85. The average Bonchev–Trinajstić information content (AvgIpc) is 3.26. The number of halogens is 1. The van der Waals surface area contributed by atoms with E-state index in [0.29, 0.717) is 29.3 Å². The highest BCUT2D eigenvalue weighted by atomic mass is 35.5. The van der Waals surface area contributed by atoms with Crippen molar-refractivity contribution in [3.8, 4) is 11.3 Å². The second kappa shape index (κ2) is 7.07. The molecule has 0 unspecified atom stereocenters. The summed E-state index contributed by atoms with van der Waals surface area (Å²) in [5, 5.41) is 7.06. The Labute approximate surface area is 154 Å². The van der Waals surface area contributed by atoms with E-state index in [-0.39, 0.29) is 17.8 Å². The molecule has 3 heterocycles. The van der Waals surface area contributed by atoms with Crippen molar-refractivity contribution in [1.82, 2.24) is 14.8 Å². The van der Waals surface area contributed by atoms with E-state index in [9.17, 15) is 8.42 Å². The van der Waals surface area contributed by atoms with E-state index in [0.717, 1.165) is 32.4 Å². The Morgan fingerprint density at radius 3 is 2.60 bits per heavy atom. The quantitative estimate of drug-likeness (QED) is 0.881. The minimum atomic E-state index is -3.55. The van der Waals surface area contributed by atoms with Crippen LogP contribution < -0.4 is 5.32 Å². The molecule has 1 aromatic heterocycles. The Kier molecular flexibility index (Phi) is 5.20. The zero-order valence-corrected chi connectivity index (χ0v) is 15.5. The van der Waals surface area contributed by atoms with Crippen molar-refractivity contribution >= 4 is 22.4 Å². The molecule has 1 aromatic carbocycles. The van der Waals surface area contributed by atoms with Gasteiger partial charge in [0.2, 0.25) is 10.0 Å². The van der Waals surface area contributed by atoms with Crippen LogP contribution in [0.5, 0.6) is 0 Å². The monoisotopic (exact) mass is 383 g/mol. The van der Waals surface area contributed by atoms with Crippen molar-refractivity contribution in [3.63, 3.8) is 0 Å². The van der Waals surface area contributed by atoms with E-state index in [2.05, 4.69) is 10.5 Å². The predicted octanol–water partition coefficient (Wildman–Crippen LogP) is 2.53. The molecule has 2 aromatic rings. The van der Waals surface area contributed by atoms with Crippen LogP contribution >= 0.6 is 12.4 Å². The van der Waals surface area contributed by atoms with Crippen molar-refractivity contribution < 1.29 is 12.9 Å². The van der Waals surface area contributed by atoms with Crippen LogP contribution in [-0.4, -0.2) is 44.1 Å². The Bertz CT molecular complexity index is 817. The largest absolute Gasteiger partial charge is 0.356 e. The normalized spacial score (nSPS) is 20.5. The lowest BCUT2D eigenvalue weighted by Gasteiger charge is -2.33. The van der Waals surface area contributed by atoms with Crippen molar-refractivity contribution in [3.05, 3.63) is 36.5 Å². The summed E-state index contributed by atoms with van der Waals surface area (Å²) in [6.07, 6.45) is 4.56. The average molecular weight is 384 g/mol. The van der Waals surface area contributed by atoms with Gasteiger partial charge in [-0.2, -0.15) is 4.31 Å². The van der Waals surface area contributed by atoms with Gasteiger partial charge in [0.25, 0.3) is 0 Å². The van der Waals surface area contributed by atoms with Crippen molar-refractivity contribution in [1.29, 1.82) is 0 Å². The molecule has 0 amide bonds. The maximum absolute atomic E-state index is 13.2. The van der Waals surface area contributed by atoms with Crippen molar-refractivity contribution in [2.45, 2.75) is 24.2 Å². The minimum Gasteiger partial charge on any atom is -0.356 e. The van der Waals surface area contributed by atoms with E-state index >= 15 is 0 Å². The molecule has 0 aliphatic carbocycles. The lowest BCUT2D eigenvalue weighted by molar-refractivity contribution is 0.218. The maximum atomic E-state index is 13.2. The van der Waals surface area contributed by atoms with Gasteiger partial charge in [-0.1, -0.05) is 17.3 Å². The number of nitrogens with zero attached hydrogens (tertiary/aromatic N) is 2. The number of aromatic nitrogens is 1. The summed E-state index contributed by atoms with van der Waals surface area (Å²) in [6, 6.07) is 8.68. The van der Waals surface area contributed by atoms with Gasteiger partial charge in [-0.05, 0) is 49.9 Å². The topological polar surface area (TPSA) is 75.4 Å². The summed E-state index contributed by atoms with van der Waals surface area (Å²) in [6.45, 7) is 3.15. The molecule has 6 nitrogen and oxygen atoms in total. The number of rotatable bonds is 3. The molecule has 2 aliphatic rings. The van der Waals surface area contributed by atoms with Crippen LogP contribution in [0.4, 0.5) is 0 Å². The van der Waals surface area contributed by atoms with E-state index < -0.39 is 10.0 Å². The van der Waals surface area contributed by atoms with Gasteiger partial charge in [-0.15, -0.1) is 12.4 Å². The van der Waals surface area contributed by atoms with Gasteiger partial charge in [0, 0.05) is 24.7 Å². The first kappa shape index (κ1) is 18.4. The number of hydrogen-bond donors (Lipinski definition) is 1. The molecular weight excluding hydrogens is 362 g/mol. The number of sulfonamides is 1. The molecule has 2 saturated heterocycles. The van der Waals surface area contributed by atoms with E-state index in [4.69, 9.17) is 4.52 Å². The first-order chi connectivity index (χ1) is 11.6. The zero-order valence-electron chi connectivity index (χ0n) is 13.8.